The van der Waals surface area contributed by atoms with E-state index < -0.39 is 0 Å². The molecule has 0 heterocycles. The molecule has 0 aliphatic heterocycles. The van der Waals surface area contributed by atoms with Crippen LogP contribution in [0.4, 0.5) is 0 Å². The highest BCUT2D eigenvalue weighted by Gasteiger charge is 2.40. The molecule has 1 heteroatoms. The van der Waals surface area contributed by atoms with Crippen LogP contribution in [0.3, 0.4) is 0 Å². The minimum absolute atomic E-state index is 0.328. The fourth-order valence-corrected chi connectivity index (χ4v) is 1.87. The van der Waals surface area contributed by atoms with Crippen LogP contribution in [-0.4, -0.2) is 11.7 Å². The third-order valence-electron chi connectivity index (χ3n) is 3.32. The van der Waals surface area contributed by atoms with Crippen LogP contribution in [0.15, 0.2) is 0 Å². The van der Waals surface area contributed by atoms with Crippen molar-refractivity contribution in [2.45, 2.75) is 39.5 Å². The van der Waals surface area contributed by atoms with Crippen molar-refractivity contribution < 1.29 is 5.11 Å². The van der Waals surface area contributed by atoms with E-state index in [9.17, 15) is 0 Å². The van der Waals surface area contributed by atoms with E-state index in [1.54, 1.807) is 0 Å². The molecule has 0 aromatic rings. The molecule has 1 saturated carbocycles. The quantitative estimate of drug-likeness (QED) is 0.640. The van der Waals surface area contributed by atoms with Gasteiger partial charge in [0, 0.05) is 6.61 Å². The maximum Gasteiger partial charge on any atom is 0.0489 e. The first-order valence-corrected chi connectivity index (χ1v) is 4.36. The van der Waals surface area contributed by atoms with Gasteiger partial charge in [-0.3, -0.25) is 0 Å². The van der Waals surface area contributed by atoms with E-state index in [1.165, 1.54) is 25.7 Å². The molecule has 0 bridgehead atoms. The van der Waals surface area contributed by atoms with E-state index in [0.29, 0.717) is 17.9 Å². The molecule has 1 fully saturated rings. The van der Waals surface area contributed by atoms with Gasteiger partial charge >= 0.3 is 0 Å². The van der Waals surface area contributed by atoms with Gasteiger partial charge in [0.1, 0.15) is 0 Å². The molecule has 1 rings (SSSR count). The summed E-state index contributed by atoms with van der Waals surface area (Å²) in [7, 11) is 0. The summed E-state index contributed by atoms with van der Waals surface area (Å²) in [6.45, 7) is 4.87. The van der Waals surface area contributed by atoms with Gasteiger partial charge in [-0.1, -0.05) is 26.7 Å². The molecule has 0 aromatic carbocycles. The number of rotatable bonds is 3. The van der Waals surface area contributed by atoms with Crippen LogP contribution in [0.5, 0.6) is 0 Å². The Morgan fingerprint density at radius 3 is 2.20 bits per heavy atom. The Balaban J connectivity index is 2.46. The number of hydrogen-bond donors (Lipinski definition) is 1. The number of aliphatic hydroxyl groups excluding tert-OH is 1. The standard InChI is InChI=1S/C9H18O/c1-3-8(2)9(7-10)5-4-6-9/h8,10H,3-7H2,1-2H3. The lowest BCUT2D eigenvalue weighted by Crippen LogP contribution is -2.39. The summed E-state index contributed by atoms with van der Waals surface area (Å²) in [5.74, 6) is 0.714. The summed E-state index contributed by atoms with van der Waals surface area (Å²) < 4.78 is 0. The van der Waals surface area contributed by atoms with E-state index >= 15 is 0 Å². The highest BCUT2D eigenvalue weighted by molar-refractivity contribution is 4.90. The van der Waals surface area contributed by atoms with Crippen LogP contribution in [-0.2, 0) is 0 Å². The van der Waals surface area contributed by atoms with Gasteiger partial charge in [0.2, 0.25) is 0 Å². The molecular formula is C9H18O. The van der Waals surface area contributed by atoms with Crippen LogP contribution >= 0.6 is 0 Å². The molecule has 1 N–H and O–H groups in total. The largest absolute Gasteiger partial charge is 0.396 e. The van der Waals surface area contributed by atoms with Crippen LogP contribution in [0.25, 0.3) is 0 Å². The molecule has 1 nitrogen and oxygen atoms in total. The van der Waals surface area contributed by atoms with Crippen LogP contribution in [0.2, 0.25) is 0 Å². The van der Waals surface area contributed by atoms with Crippen molar-refractivity contribution in [3.63, 3.8) is 0 Å². The maximum atomic E-state index is 9.14. The molecule has 1 aliphatic carbocycles. The average Bonchev–Trinajstić information content (AvgIpc) is 1.86. The molecule has 0 amide bonds. The minimum atomic E-state index is 0.328. The maximum absolute atomic E-state index is 9.14. The lowest BCUT2D eigenvalue weighted by atomic mass is 9.61. The van der Waals surface area contributed by atoms with Crippen molar-refractivity contribution in [2.24, 2.45) is 11.3 Å². The molecule has 1 aliphatic rings. The second kappa shape index (κ2) is 2.91. The Morgan fingerprint density at radius 1 is 1.50 bits per heavy atom. The molecule has 0 saturated heterocycles. The van der Waals surface area contributed by atoms with Crippen LogP contribution in [0, 0.1) is 11.3 Å². The second-order valence-corrected chi connectivity index (χ2v) is 3.68. The Bertz CT molecular complexity index is 99.8. The molecule has 1 atom stereocenters. The molecular weight excluding hydrogens is 124 g/mol. The molecule has 1 unspecified atom stereocenters. The van der Waals surface area contributed by atoms with Gasteiger partial charge in [0.15, 0.2) is 0 Å². The Morgan fingerprint density at radius 2 is 2.10 bits per heavy atom. The first-order valence-electron chi connectivity index (χ1n) is 4.36. The Hall–Kier alpha value is -0.0400. The zero-order chi connectivity index (χ0) is 7.61. The normalized spacial score (nSPS) is 25.5. The van der Waals surface area contributed by atoms with E-state index in [-0.39, 0.29) is 0 Å². The van der Waals surface area contributed by atoms with Crippen molar-refractivity contribution in [1.29, 1.82) is 0 Å². The Kier molecular flexibility index (Phi) is 2.35. The summed E-state index contributed by atoms with van der Waals surface area (Å²) in [6.07, 6.45) is 5.03. The SMILES string of the molecule is CCC(C)C1(CO)CCC1. The fourth-order valence-electron chi connectivity index (χ4n) is 1.87. The monoisotopic (exact) mass is 142 g/mol. The van der Waals surface area contributed by atoms with Crippen molar-refractivity contribution in [3.05, 3.63) is 0 Å². The topological polar surface area (TPSA) is 20.2 Å². The summed E-state index contributed by atoms with van der Waals surface area (Å²) >= 11 is 0. The average molecular weight is 142 g/mol. The van der Waals surface area contributed by atoms with Gasteiger partial charge in [0.25, 0.3) is 0 Å². The fraction of sp³-hybridized carbons (Fsp3) is 1.00. The summed E-state index contributed by atoms with van der Waals surface area (Å²) in [6, 6.07) is 0. The second-order valence-electron chi connectivity index (χ2n) is 3.68. The van der Waals surface area contributed by atoms with Crippen molar-refractivity contribution in [3.8, 4) is 0 Å². The summed E-state index contributed by atoms with van der Waals surface area (Å²) in [5, 5.41) is 9.14. The summed E-state index contributed by atoms with van der Waals surface area (Å²) in [5.41, 5.74) is 0.328. The highest BCUT2D eigenvalue weighted by atomic mass is 16.3. The lowest BCUT2D eigenvalue weighted by molar-refractivity contribution is -0.00797. The van der Waals surface area contributed by atoms with Crippen LogP contribution < -0.4 is 0 Å². The van der Waals surface area contributed by atoms with Gasteiger partial charge in [-0.25, -0.2) is 0 Å². The highest BCUT2D eigenvalue weighted by Crippen LogP contribution is 2.47. The van der Waals surface area contributed by atoms with E-state index in [1.807, 2.05) is 0 Å². The predicted molar refractivity (Wildman–Crippen MR) is 42.8 cm³/mol. The van der Waals surface area contributed by atoms with Crippen LogP contribution in [0.1, 0.15) is 39.5 Å². The molecule has 60 valence electrons. The van der Waals surface area contributed by atoms with Crippen molar-refractivity contribution in [1.82, 2.24) is 0 Å². The third kappa shape index (κ3) is 1.07. The van der Waals surface area contributed by atoms with Gasteiger partial charge in [-0.15, -0.1) is 0 Å². The molecule has 0 radical (unpaired) electrons. The van der Waals surface area contributed by atoms with E-state index in [2.05, 4.69) is 13.8 Å². The van der Waals surface area contributed by atoms with E-state index in [0.717, 1.165) is 0 Å². The number of aliphatic hydroxyl groups is 1. The minimum Gasteiger partial charge on any atom is -0.396 e. The smallest absolute Gasteiger partial charge is 0.0489 e. The molecule has 10 heavy (non-hydrogen) atoms. The van der Waals surface area contributed by atoms with Crippen molar-refractivity contribution >= 4 is 0 Å². The first-order chi connectivity index (χ1) is 4.75. The zero-order valence-electron chi connectivity index (χ0n) is 7.06. The predicted octanol–water partition coefficient (Wildman–Crippen LogP) is 2.20. The lowest BCUT2D eigenvalue weighted by Gasteiger charge is -2.45. The zero-order valence-corrected chi connectivity index (χ0v) is 7.06. The van der Waals surface area contributed by atoms with E-state index in [4.69, 9.17) is 5.11 Å². The number of hydrogen-bond acceptors (Lipinski definition) is 1. The van der Waals surface area contributed by atoms with Gasteiger partial charge in [-0.2, -0.15) is 0 Å². The van der Waals surface area contributed by atoms with Gasteiger partial charge in [-0.05, 0) is 24.2 Å². The van der Waals surface area contributed by atoms with Gasteiger partial charge in [0.05, 0.1) is 0 Å². The van der Waals surface area contributed by atoms with Gasteiger partial charge < -0.3 is 5.11 Å². The van der Waals surface area contributed by atoms with Crippen molar-refractivity contribution in [2.75, 3.05) is 6.61 Å². The molecule has 0 aromatic heterocycles. The summed E-state index contributed by atoms with van der Waals surface area (Å²) in [4.78, 5) is 0. The molecule has 0 spiro atoms. The third-order valence-corrected chi connectivity index (χ3v) is 3.32. The Labute approximate surface area is 63.4 Å². The first kappa shape index (κ1) is 8.06.